The van der Waals surface area contributed by atoms with Crippen LogP contribution in [0.15, 0.2) is 24.4 Å². The van der Waals surface area contributed by atoms with Crippen molar-refractivity contribution in [1.29, 1.82) is 0 Å². The van der Waals surface area contributed by atoms with Crippen molar-refractivity contribution in [3.8, 4) is 0 Å². The molecular weight excluding hydrogens is 231 g/mol. The van der Waals surface area contributed by atoms with Crippen LogP contribution in [0, 0.1) is 26.6 Å². The Morgan fingerprint density at radius 3 is 2.56 bits per heavy atom. The van der Waals surface area contributed by atoms with Gasteiger partial charge in [0.05, 0.1) is 5.69 Å². The lowest BCUT2D eigenvalue weighted by molar-refractivity contribution is 0.208. The molecule has 0 saturated carbocycles. The summed E-state index contributed by atoms with van der Waals surface area (Å²) in [6.45, 7) is 5.33. The van der Waals surface area contributed by atoms with Crippen molar-refractivity contribution in [2.45, 2.75) is 26.9 Å². The summed E-state index contributed by atoms with van der Waals surface area (Å²) in [5.41, 5.74) is 2.24. The van der Waals surface area contributed by atoms with Gasteiger partial charge in [0.2, 0.25) is 0 Å². The van der Waals surface area contributed by atoms with Crippen molar-refractivity contribution in [2.24, 2.45) is 0 Å². The second-order valence-corrected chi connectivity index (χ2v) is 4.41. The summed E-state index contributed by atoms with van der Waals surface area (Å²) in [6, 6.07) is 4.85. The quantitative estimate of drug-likeness (QED) is 0.886. The number of hydrogen-bond acceptors (Lipinski definition) is 3. The zero-order chi connectivity index (χ0) is 13.3. The molecule has 0 aliphatic carbocycles. The van der Waals surface area contributed by atoms with E-state index in [1.165, 1.54) is 6.07 Å². The molecule has 0 aliphatic heterocycles. The predicted molar refractivity (Wildman–Crippen MR) is 66.7 cm³/mol. The molecule has 0 fully saturated rings. The molecule has 18 heavy (non-hydrogen) atoms. The minimum Gasteiger partial charge on any atom is -0.382 e. The van der Waals surface area contributed by atoms with Crippen LogP contribution in [-0.4, -0.2) is 15.1 Å². The average molecular weight is 246 g/mol. The van der Waals surface area contributed by atoms with Crippen LogP contribution >= 0.6 is 0 Å². The number of rotatable bonds is 2. The summed E-state index contributed by atoms with van der Waals surface area (Å²) in [5, 5.41) is 10.2. The maximum absolute atomic E-state index is 13.9. The number of aryl methyl sites for hydroxylation is 3. The molecular formula is C14H15FN2O. The normalized spacial score (nSPS) is 12.5. The van der Waals surface area contributed by atoms with Crippen LogP contribution in [0.4, 0.5) is 4.39 Å². The van der Waals surface area contributed by atoms with Gasteiger partial charge in [0, 0.05) is 11.8 Å². The Morgan fingerprint density at radius 1 is 1.22 bits per heavy atom. The first kappa shape index (κ1) is 12.6. The molecule has 1 unspecified atom stereocenters. The van der Waals surface area contributed by atoms with Crippen molar-refractivity contribution in [1.82, 2.24) is 9.97 Å². The van der Waals surface area contributed by atoms with Crippen LogP contribution in [0.1, 0.15) is 34.3 Å². The van der Waals surface area contributed by atoms with Gasteiger partial charge in [-0.15, -0.1) is 0 Å². The van der Waals surface area contributed by atoms with Gasteiger partial charge < -0.3 is 5.11 Å². The minimum absolute atomic E-state index is 0.277. The highest BCUT2D eigenvalue weighted by Crippen LogP contribution is 2.27. The third-order valence-corrected chi connectivity index (χ3v) is 2.83. The summed E-state index contributed by atoms with van der Waals surface area (Å²) in [7, 11) is 0. The van der Waals surface area contributed by atoms with Crippen LogP contribution in [0.2, 0.25) is 0 Å². The molecule has 0 bridgehead atoms. The standard InChI is InChI=1S/C14H15FN2O/c1-8-6-9(2)13(11(15)7-8)14(18)12-4-5-16-10(3)17-12/h4-7,14,18H,1-3H3. The maximum atomic E-state index is 13.9. The van der Waals surface area contributed by atoms with E-state index in [2.05, 4.69) is 9.97 Å². The van der Waals surface area contributed by atoms with Gasteiger partial charge in [0.15, 0.2) is 0 Å². The average Bonchev–Trinajstić information content (AvgIpc) is 2.27. The topological polar surface area (TPSA) is 46.0 Å². The first-order chi connectivity index (χ1) is 8.49. The van der Waals surface area contributed by atoms with Crippen molar-refractivity contribution < 1.29 is 9.50 Å². The number of hydrogen-bond donors (Lipinski definition) is 1. The van der Waals surface area contributed by atoms with Crippen molar-refractivity contribution in [2.75, 3.05) is 0 Å². The fraction of sp³-hybridized carbons (Fsp3) is 0.286. The van der Waals surface area contributed by atoms with Crippen molar-refractivity contribution >= 4 is 0 Å². The van der Waals surface area contributed by atoms with E-state index in [9.17, 15) is 9.50 Å². The molecule has 1 atom stereocenters. The summed E-state index contributed by atoms with van der Waals surface area (Å²) in [4.78, 5) is 8.09. The van der Waals surface area contributed by atoms with Crippen molar-refractivity contribution in [3.05, 3.63) is 58.4 Å². The van der Waals surface area contributed by atoms with E-state index in [1.54, 1.807) is 26.1 Å². The third-order valence-electron chi connectivity index (χ3n) is 2.83. The molecule has 0 radical (unpaired) electrons. The van der Waals surface area contributed by atoms with Crippen LogP contribution < -0.4 is 0 Å². The molecule has 2 aromatic rings. The summed E-state index contributed by atoms with van der Waals surface area (Å²) < 4.78 is 13.9. The van der Waals surface area contributed by atoms with Gasteiger partial charge in [0.25, 0.3) is 0 Å². The fourth-order valence-electron chi connectivity index (χ4n) is 2.05. The van der Waals surface area contributed by atoms with Crippen LogP contribution in [0.3, 0.4) is 0 Å². The molecule has 0 saturated heterocycles. The van der Waals surface area contributed by atoms with E-state index in [1.807, 2.05) is 13.0 Å². The van der Waals surface area contributed by atoms with E-state index in [0.717, 1.165) is 11.1 Å². The van der Waals surface area contributed by atoms with Gasteiger partial charge in [-0.25, -0.2) is 14.4 Å². The summed E-state index contributed by atoms with van der Waals surface area (Å²) in [5.74, 6) is 0.146. The second-order valence-electron chi connectivity index (χ2n) is 4.41. The zero-order valence-electron chi connectivity index (χ0n) is 10.6. The van der Waals surface area contributed by atoms with Crippen LogP contribution in [0.5, 0.6) is 0 Å². The highest BCUT2D eigenvalue weighted by Gasteiger charge is 2.19. The third kappa shape index (κ3) is 2.38. The Labute approximate surface area is 105 Å². The Morgan fingerprint density at radius 2 is 1.94 bits per heavy atom. The van der Waals surface area contributed by atoms with Crippen LogP contribution in [-0.2, 0) is 0 Å². The number of nitrogens with zero attached hydrogens (tertiary/aromatic N) is 2. The number of halogens is 1. The number of aliphatic hydroxyl groups is 1. The van der Waals surface area contributed by atoms with E-state index in [4.69, 9.17) is 0 Å². The minimum atomic E-state index is -1.06. The Kier molecular flexibility index (Phi) is 3.39. The van der Waals surface area contributed by atoms with Gasteiger partial charge in [0.1, 0.15) is 17.7 Å². The molecule has 0 aliphatic rings. The molecule has 1 aromatic heterocycles. The lowest BCUT2D eigenvalue weighted by Gasteiger charge is -2.15. The maximum Gasteiger partial charge on any atom is 0.129 e. The fourth-order valence-corrected chi connectivity index (χ4v) is 2.05. The van der Waals surface area contributed by atoms with Gasteiger partial charge >= 0.3 is 0 Å². The molecule has 94 valence electrons. The first-order valence-electron chi connectivity index (χ1n) is 5.73. The number of aromatic nitrogens is 2. The van der Waals surface area contributed by atoms with Crippen LogP contribution in [0.25, 0.3) is 0 Å². The van der Waals surface area contributed by atoms with Gasteiger partial charge in [-0.05, 0) is 44.0 Å². The predicted octanol–water partition coefficient (Wildman–Crippen LogP) is 2.62. The number of benzene rings is 1. The summed E-state index contributed by atoms with van der Waals surface area (Å²) >= 11 is 0. The molecule has 0 spiro atoms. The highest BCUT2D eigenvalue weighted by atomic mass is 19.1. The van der Waals surface area contributed by atoms with E-state index < -0.39 is 11.9 Å². The lowest BCUT2D eigenvalue weighted by Crippen LogP contribution is -2.08. The van der Waals surface area contributed by atoms with Gasteiger partial charge in [-0.1, -0.05) is 6.07 Å². The molecule has 1 aromatic carbocycles. The largest absolute Gasteiger partial charge is 0.382 e. The first-order valence-corrected chi connectivity index (χ1v) is 5.73. The van der Waals surface area contributed by atoms with E-state index >= 15 is 0 Å². The zero-order valence-corrected chi connectivity index (χ0v) is 10.6. The molecule has 0 amide bonds. The van der Waals surface area contributed by atoms with Gasteiger partial charge in [-0.2, -0.15) is 0 Å². The second kappa shape index (κ2) is 4.82. The van der Waals surface area contributed by atoms with E-state index in [-0.39, 0.29) is 5.56 Å². The smallest absolute Gasteiger partial charge is 0.129 e. The van der Waals surface area contributed by atoms with Crippen molar-refractivity contribution in [3.63, 3.8) is 0 Å². The lowest BCUT2D eigenvalue weighted by atomic mass is 9.98. The Bertz CT molecular complexity index is 561. The van der Waals surface area contributed by atoms with Gasteiger partial charge in [-0.3, -0.25) is 0 Å². The highest BCUT2D eigenvalue weighted by molar-refractivity contribution is 5.36. The Balaban J connectivity index is 2.49. The molecule has 2 rings (SSSR count). The molecule has 1 N–H and O–H groups in total. The number of aliphatic hydroxyl groups excluding tert-OH is 1. The van der Waals surface area contributed by atoms with E-state index in [0.29, 0.717) is 11.5 Å². The molecule has 3 nitrogen and oxygen atoms in total. The Hall–Kier alpha value is -1.81. The monoisotopic (exact) mass is 246 g/mol. The SMILES string of the molecule is Cc1cc(C)c(C(O)c2ccnc(C)n2)c(F)c1. The summed E-state index contributed by atoms with van der Waals surface area (Å²) in [6.07, 6.45) is 0.495. The molecule has 1 heterocycles. The molecule has 4 heteroatoms.